The topological polar surface area (TPSA) is 24.5 Å². The quantitative estimate of drug-likeness (QED) is 0.749. The van der Waals surface area contributed by atoms with Crippen molar-refractivity contribution in [3.63, 3.8) is 0 Å². The van der Waals surface area contributed by atoms with Gasteiger partial charge in [0.1, 0.15) is 5.75 Å². The van der Waals surface area contributed by atoms with Gasteiger partial charge < -0.3 is 10.1 Å². The van der Waals surface area contributed by atoms with Crippen molar-refractivity contribution in [2.75, 3.05) is 26.7 Å². The van der Waals surface area contributed by atoms with Gasteiger partial charge in [-0.3, -0.25) is 0 Å². The Bertz CT molecular complexity index is 332. The standard InChI is InChI=1S/C11H15FN2O/c1-15-11-5-3-2-4-9(11)10-8-14(12)7-6-13-10/h2-5,10,13H,6-8H2,1H3. The van der Waals surface area contributed by atoms with E-state index in [-0.39, 0.29) is 6.04 Å². The van der Waals surface area contributed by atoms with Crippen LogP contribution in [0.15, 0.2) is 24.3 Å². The molecule has 0 aliphatic carbocycles. The predicted molar refractivity (Wildman–Crippen MR) is 56.4 cm³/mol. The van der Waals surface area contributed by atoms with Crippen molar-refractivity contribution in [1.82, 2.24) is 10.4 Å². The largest absolute Gasteiger partial charge is 0.496 e. The van der Waals surface area contributed by atoms with Gasteiger partial charge in [0.2, 0.25) is 0 Å². The van der Waals surface area contributed by atoms with Crippen molar-refractivity contribution in [3.8, 4) is 5.75 Å². The number of nitrogens with zero attached hydrogens (tertiary/aromatic N) is 1. The van der Waals surface area contributed by atoms with E-state index in [4.69, 9.17) is 4.74 Å². The van der Waals surface area contributed by atoms with Crippen molar-refractivity contribution < 1.29 is 9.22 Å². The molecule has 4 heteroatoms. The van der Waals surface area contributed by atoms with Gasteiger partial charge in [-0.05, 0) is 6.07 Å². The molecule has 1 aliphatic heterocycles. The van der Waals surface area contributed by atoms with Gasteiger partial charge in [0.05, 0.1) is 13.2 Å². The minimum absolute atomic E-state index is 0.0138. The van der Waals surface area contributed by atoms with Crippen LogP contribution in [0.5, 0.6) is 5.75 Å². The molecule has 1 unspecified atom stereocenters. The lowest BCUT2D eigenvalue weighted by atomic mass is 10.0. The second-order valence-electron chi connectivity index (χ2n) is 3.62. The van der Waals surface area contributed by atoms with Crippen LogP contribution < -0.4 is 10.1 Å². The maximum Gasteiger partial charge on any atom is 0.123 e. The first kappa shape index (κ1) is 10.4. The predicted octanol–water partition coefficient (Wildman–Crippen LogP) is 1.53. The molecule has 0 aromatic heterocycles. The third-order valence-corrected chi connectivity index (χ3v) is 2.64. The molecule has 0 radical (unpaired) electrons. The zero-order chi connectivity index (χ0) is 10.7. The fraction of sp³-hybridized carbons (Fsp3) is 0.455. The summed E-state index contributed by atoms with van der Waals surface area (Å²) in [5.74, 6) is 0.810. The Balaban J connectivity index is 2.20. The van der Waals surface area contributed by atoms with Crippen molar-refractivity contribution in [2.24, 2.45) is 0 Å². The van der Waals surface area contributed by atoms with Crippen molar-refractivity contribution in [1.29, 1.82) is 0 Å². The number of ether oxygens (including phenoxy) is 1. The van der Waals surface area contributed by atoms with Gasteiger partial charge in [0.25, 0.3) is 0 Å². The van der Waals surface area contributed by atoms with E-state index in [1.807, 2.05) is 24.3 Å². The third-order valence-electron chi connectivity index (χ3n) is 2.64. The molecule has 0 bridgehead atoms. The van der Waals surface area contributed by atoms with Crippen molar-refractivity contribution >= 4 is 0 Å². The summed E-state index contributed by atoms with van der Waals surface area (Å²) in [5.41, 5.74) is 1.02. The van der Waals surface area contributed by atoms with E-state index in [2.05, 4.69) is 5.32 Å². The van der Waals surface area contributed by atoms with Gasteiger partial charge in [-0.1, -0.05) is 18.2 Å². The summed E-state index contributed by atoms with van der Waals surface area (Å²) in [6.45, 7) is 1.49. The van der Waals surface area contributed by atoms with Crippen LogP contribution in [0.1, 0.15) is 11.6 Å². The van der Waals surface area contributed by atoms with Crippen LogP contribution in [-0.2, 0) is 0 Å². The second kappa shape index (κ2) is 4.59. The highest BCUT2D eigenvalue weighted by atomic mass is 19.2. The smallest absolute Gasteiger partial charge is 0.123 e. The number of methoxy groups -OCH3 is 1. The molecule has 1 atom stereocenters. The first-order chi connectivity index (χ1) is 7.31. The molecule has 1 saturated heterocycles. The highest BCUT2D eigenvalue weighted by molar-refractivity contribution is 5.36. The van der Waals surface area contributed by atoms with Crippen LogP contribution in [0, 0.1) is 0 Å². The van der Waals surface area contributed by atoms with Gasteiger partial charge in [-0.2, -0.15) is 0 Å². The summed E-state index contributed by atoms with van der Waals surface area (Å²) < 4.78 is 18.4. The van der Waals surface area contributed by atoms with Crippen LogP contribution in [0.4, 0.5) is 4.48 Å². The molecule has 3 nitrogen and oxygen atoms in total. The zero-order valence-electron chi connectivity index (χ0n) is 8.74. The van der Waals surface area contributed by atoms with E-state index in [0.29, 0.717) is 19.6 Å². The summed E-state index contributed by atoms with van der Waals surface area (Å²) in [7, 11) is 1.63. The number of rotatable bonds is 2. The maximum atomic E-state index is 13.1. The van der Waals surface area contributed by atoms with E-state index in [1.165, 1.54) is 0 Å². The summed E-state index contributed by atoms with van der Waals surface area (Å²) >= 11 is 0. The molecule has 1 aromatic rings. The molecule has 82 valence electrons. The van der Waals surface area contributed by atoms with Crippen molar-refractivity contribution in [2.45, 2.75) is 6.04 Å². The highest BCUT2D eigenvalue weighted by Gasteiger charge is 2.22. The molecular formula is C11H15FN2O. The molecule has 1 aromatic carbocycles. The molecule has 1 fully saturated rings. The Morgan fingerprint density at radius 3 is 3.00 bits per heavy atom. The monoisotopic (exact) mass is 210 g/mol. The van der Waals surface area contributed by atoms with Gasteiger partial charge in [0.15, 0.2) is 0 Å². The lowest BCUT2D eigenvalue weighted by molar-refractivity contribution is -0.00372. The van der Waals surface area contributed by atoms with Crippen LogP contribution in [0.3, 0.4) is 0 Å². The van der Waals surface area contributed by atoms with Crippen LogP contribution >= 0.6 is 0 Å². The molecule has 0 spiro atoms. The Morgan fingerprint density at radius 2 is 2.27 bits per heavy atom. The molecule has 1 N–H and O–H groups in total. The first-order valence-corrected chi connectivity index (χ1v) is 5.08. The van der Waals surface area contributed by atoms with Crippen LogP contribution in [0.2, 0.25) is 0 Å². The number of para-hydroxylation sites is 1. The Labute approximate surface area is 88.8 Å². The van der Waals surface area contributed by atoms with Crippen molar-refractivity contribution in [3.05, 3.63) is 29.8 Å². The molecular weight excluding hydrogens is 195 g/mol. The number of halogens is 1. The Morgan fingerprint density at radius 1 is 1.47 bits per heavy atom. The maximum absolute atomic E-state index is 13.1. The first-order valence-electron chi connectivity index (χ1n) is 5.08. The van der Waals surface area contributed by atoms with E-state index in [9.17, 15) is 4.48 Å². The molecule has 2 rings (SSSR count). The van der Waals surface area contributed by atoms with E-state index < -0.39 is 0 Å². The van der Waals surface area contributed by atoms with Gasteiger partial charge in [-0.25, -0.2) is 0 Å². The van der Waals surface area contributed by atoms with E-state index in [1.54, 1.807) is 7.11 Å². The fourth-order valence-electron chi connectivity index (χ4n) is 1.88. The zero-order valence-corrected chi connectivity index (χ0v) is 8.74. The number of hydrogen-bond donors (Lipinski definition) is 1. The lowest BCUT2D eigenvalue weighted by Crippen LogP contribution is -2.42. The molecule has 0 amide bonds. The van der Waals surface area contributed by atoms with Gasteiger partial charge >= 0.3 is 0 Å². The molecule has 1 aliphatic rings. The lowest BCUT2D eigenvalue weighted by Gasteiger charge is -2.28. The van der Waals surface area contributed by atoms with Crippen LogP contribution in [0.25, 0.3) is 0 Å². The van der Waals surface area contributed by atoms with Crippen LogP contribution in [-0.4, -0.2) is 31.9 Å². The minimum atomic E-state index is 0.0138. The Kier molecular flexibility index (Phi) is 3.18. The number of piperazine rings is 1. The summed E-state index contributed by atoms with van der Waals surface area (Å²) in [6, 6.07) is 7.73. The summed E-state index contributed by atoms with van der Waals surface area (Å²) in [5, 5.41) is 4.12. The second-order valence-corrected chi connectivity index (χ2v) is 3.62. The molecule has 1 heterocycles. The fourth-order valence-corrected chi connectivity index (χ4v) is 1.88. The number of hydrogen-bond acceptors (Lipinski definition) is 3. The molecule has 15 heavy (non-hydrogen) atoms. The average molecular weight is 210 g/mol. The molecule has 0 saturated carbocycles. The third kappa shape index (κ3) is 2.27. The van der Waals surface area contributed by atoms with Gasteiger partial charge in [0, 0.05) is 25.2 Å². The normalized spacial score (nSPS) is 22.7. The van der Waals surface area contributed by atoms with Gasteiger partial charge in [-0.15, -0.1) is 9.60 Å². The van der Waals surface area contributed by atoms with E-state index in [0.717, 1.165) is 16.4 Å². The average Bonchev–Trinajstić information content (AvgIpc) is 2.29. The summed E-state index contributed by atoms with van der Waals surface area (Å²) in [6.07, 6.45) is 0. The number of benzene rings is 1. The number of nitrogens with one attached hydrogen (secondary N) is 1. The SMILES string of the molecule is COc1ccccc1C1CN(F)CCN1. The summed E-state index contributed by atoms with van der Waals surface area (Å²) in [4.78, 5) is 0. The van der Waals surface area contributed by atoms with E-state index >= 15 is 0 Å². The highest BCUT2D eigenvalue weighted by Crippen LogP contribution is 2.26. The Hall–Kier alpha value is -1.13. The minimum Gasteiger partial charge on any atom is -0.496 e.